The van der Waals surface area contributed by atoms with Gasteiger partial charge in [-0.3, -0.25) is 0 Å². The second-order valence-electron chi connectivity index (χ2n) is 2.68. The smallest absolute Gasteiger partial charge is 0.372 e. The zero-order chi connectivity index (χ0) is 12.3. The van der Waals surface area contributed by atoms with E-state index in [1.807, 2.05) is 0 Å². The number of nitriles is 1. The van der Waals surface area contributed by atoms with Crippen LogP contribution in [0.4, 0.5) is 13.2 Å². The lowest BCUT2D eigenvalue weighted by Gasteiger charge is -2.05. The van der Waals surface area contributed by atoms with Crippen molar-refractivity contribution in [3.05, 3.63) is 41.7 Å². The van der Waals surface area contributed by atoms with E-state index in [4.69, 9.17) is 5.26 Å². The molecular weight excluding hydrogens is 223 g/mol. The van der Waals surface area contributed by atoms with Crippen molar-refractivity contribution in [2.75, 3.05) is 0 Å². The maximum atomic E-state index is 13.1. The molecule has 0 unspecified atom stereocenters. The molecule has 0 saturated carbocycles. The quantitative estimate of drug-likeness (QED) is 0.442. The van der Waals surface area contributed by atoms with Gasteiger partial charge in [-0.2, -0.15) is 9.65 Å². The van der Waals surface area contributed by atoms with Crippen molar-refractivity contribution in [2.24, 2.45) is 0 Å². The Morgan fingerprint density at radius 2 is 1.88 bits per heavy atom. The number of hydrogen-bond acceptors (Lipinski definition) is 3. The Hall–Kier alpha value is -2.29. The van der Waals surface area contributed by atoms with Gasteiger partial charge in [0.05, 0.1) is 11.6 Å². The fraction of sp³-hybridized carbons (Fsp3) is 0. The number of benzene rings is 1. The molecule has 1 rings (SSSR count). The van der Waals surface area contributed by atoms with Crippen molar-refractivity contribution in [2.45, 2.75) is 0 Å². The molecule has 0 atom stereocenters. The molecule has 0 aromatic heterocycles. The lowest BCUT2D eigenvalue weighted by atomic mass is 10.2. The monoisotopic (exact) mass is 227 g/mol. The summed E-state index contributed by atoms with van der Waals surface area (Å²) in [6.45, 7) is 2.61. The second kappa shape index (κ2) is 4.49. The largest absolute Gasteiger partial charge is 0.415 e. The van der Waals surface area contributed by atoms with Crippen LogP contribution in [0.1, 0.15) is 5.56 Å². The summed E-state index contributed by atoms with van der Waals surface area (Å²) in [5.74, 6) is -6.69. The zero-order valence-corrected chi connectivity index (χ0v) is 7.76. The maximum absolute atomic E-state index is 13.1. The second-order valence-corrected chi connectivity index (χ2v) is 2.68. The molecule has 0 spiro atoms. The first-order valence-corrected chi connectivity index (χ1v) is 3.91. The predicted octanol–water partition coefficient (Wildman–Crippen LogP) is 2.23. The molecule has 0 amide bonds. The average molecular weight is 227 g/mol. The van der Waals surface area contributed by atoms with Gasteiger partial charge in [0, 0.05) is 0 Å². The van der Waals surface area contributed by atoms with E-state index in [9.17, 15) is 18.0 Å². The topological polar surface area (TPSA) is 50.1 Å². The first-order valence-electron chi connectivity index (χ1n) is 3.91. The minimum atomic E-state index is -1.59. The van der Waals surface area contributed by atoms with E-state index in [2.05, 4.69) is 11.3 Å². The summed E-state index contributed by atoms with van der Waals surface area (Å²) in [7, 11) is 0. The lowest BCUT2D eigenvalue weighted by Crippen LogP contribution is -2.10. The van der Waals surface area contributed by atoms with Gasteiger partial charge in [-0.1, -0.05) is 6.58 Å². The summed E-state index contributed by atoms with van der Waals surface area (Å²) in [5.41, 5.74) is -0.283. The van der Waals surface area contributed by atoms with E-state index >= 15 is 0 Å². The van der Waals surface area contributed by atoms with Crippen molar-refractivity contribution in [1.82, 2.24) is 0 Å². The van der Waals surface area contributed by atoms with Gasteiger partial charge >= 0.3 is 5.97 Å². The predicted molar refractivity (Wildman–Crippen MR) is 47.0 cm³/mol. The number of rotatable bonds is 2. The number of hydrogen-bond donors (Lipinski definition) is 0. The van der Waals surface area contributed by atoms with Crippen LogP contribution in [-0.2, 0) is 4.79 Å². The van der Waals surface area contributed by atoms with Crippen LogP contribution >= 0.6 is 0 Å². The number of carbonyl (C=O) groups excluding carboxylic acids is 1. The summed E-state index contributed by atoms with van der Waals surface area (Å²) in [5, 5.41) is 8.38. The van der Waals surface area contributed by atoms with Crippen molar-refractivity contribution < 1.29 is 22.7 Å². The highest BCUT2D eigenvalue weighted by Gasteiger charge is 2.18. The fourth-order valence-corrected chi connectivity index (χ4v) is 0.870. The molecule has 0 radical (unpaired) electrons. The van der Waals surface area contributed by atoms with Gasteiger partial charge in [-0.15, -0.1) is 0 Å². The Bertz CT molecular complexity index is 482. The Morgan fingerprint density at radius 3 is 2.25 bits per heavy atom. The van der Waals surface area contributed by atoms with Crippen molar-refractivity contribution in [1.29, 1.82) is 5.26 Å². The van der Waals surface area contributed by atoms with Crippen LogP contribution in [0.25, 0.3) is 0 Å². The molecule has 0 aliphatic heterocycles. The van der Waals surface area contributed by atoms with Gasteiger partial charge in [0.2, 0.25) is 11.6 Å². The van der Waals surface area contributed by atoms with E-state index in [0.717, 1.165) is 0 Å². The van der Waals surface area contributed by atoms with Crippen LogP contribution in [0.5, 0.6) is 5.75 Å². The summed E-state index contributed by atoms with van der Waals surface area (Å²) in [6, 6.07) is 2.82. The van der Waals surface area contributed by atoms with E-state index in [-0.39, 0.29) is 5.56 Å². The van der Waals surface area contributed by atoms with Crippen LogP contribution in [-0.4, -0.2) is 5.97 Å². The van der Waals surface area contributed by atoms with Crippen molar-refractivity contribution in [3.8, 4) is 11.8 Å². The molecule has 0 saturated heterocycles. The number of halogens is 3. The van der Waals surface area contributed by atoms with Gasteiger partial charge in [0.15, 0.2) is 11.6 Å². The van der Waals surface area contributed by atoms with E-state index in [1.165, 1.54) is 6.07 Å². The van der Waals surface area contributed by atoms with E-state index in [0.29, 0.717) is 12.1 Å². The first-order chi connectivity index (χ1) is 7.45. The summed E-state index contributed by atoms with van der Waals surface area (Å²) < 4.78 is 42.5. The molecule has 0 bridgehead atoms. The standard InChI is InChI=1S/C10H4F3NO2/c1-5(11)10(15)16-9-7(12)2-6(4-14)3-8(9)13/h2-3H,1H2. The Morgan fingerprint density at radius 1 is 1.38 bits per heavy atom. The minimum Gasteiger partial charge on any atom is -0.415 e. The van der Waals surface area contributed by atoms with Crippen LogP contribution < -0.4 is 4.74 Å². The van der Waals surface area contributed by atoms with Crippen LogP contribution in [0.2, 0.25) is 0 Å². The Kier molecular flexibility index (Phi) is 3.30. The molecular formula is C10H4F3NO2. The number of carbonyl (C=O) groups is 1. The maximum Gasteiger partial charge on any atom is 0.372 e. The van der Waals surface area contributed by atoms with E-state index in [1.54, 1.807) is 0 Å². The molecule has 1 aromatic rings. The highest BCUT2D eigenvalue weighted by atomic mass is 19.1. The fourth-order valence-electron chi connectivity index (χ4n) is 0.870. The summed E-state index contributed by atoms with van der Waals surface area (Å²) in [6.07, 6.45) is 0. The van der Waals surface area contributed by atoms with E-state index < -0.39 is 29.2 Å². The lowest BCUT2D eigenvalue weighted by molar-refractivity contribution is -0.132. The van der Waals surface area contributed by atoms with Crippen LogP contribution in [0.15, 0.2) is 24.5 Å². The SMILES string of the molecule is C=C(F)C(=O)Oc1c(F)cc(C#N)cc1F. The average Bonchev–Trinajstić information content (AvgIpc) is 2.22. The first kappa shape index (κ1) is 11.8. The summed E-state index contributed by atoms with van der Waals surface area (Å²) >= 11 is 0. The van der Waals surface area contributed by atoms with Crippen molar-refractivity contribution in [3.63, 3.8) is 0 Å². The Labute approximate surface area is 88.4 Å². The highest BCUT2D eigenvalue weighted by molar-refractivity contribution is 5.87. The van der Waals surface area contributed by atoms with Gasteiger partial charge < -0.3 is 4.74 Å². The van der Waals surface area contributed by atoms with Gasteiger partial charge in [0.1, 0.15) is 0 Å². The molecule has 0 aliphatic carbocycles. The third-order valence-corrected chi connectivity index (χ3v) is 1.54. The molecule has 0 aliphatic rings. The molecule has 16 heavy (non-hydrogen) atoms. The molecule has 0 fully saturated rings. The molecule has 0 N–H and O–H groups in total. The molecule has 0 heterocycles. The van der Waals surface area contributed by atoms with Crippen LogP contribution in [0, 0.1) is 23.0 Å². The zero-order valence-electron chi connectivity index (χ0n) is 7.76. The van der Waals surface area contributed by atoms with Crippen molar-refractivity contribution >= 4 is 5.97 Å². The highest BCUT2D eigenvalue weighted by Crippen LogP contribution is 2.23. The number of ether oxygens (including phenoxy) is 1. The van der Waals surface area contributed by atoms with Crippen LogP contribution in [0.3, 0.4) is 0 Å². The summed E-state index contributed by atoms with van der Waals surface area (Å²) in [4.78, 5) is 10.7. The van der Waals surface area contributed by atoms with Gasteiger partial charge in [-0.05, 0) is 12.1 Å². The van der Waals surface area contributed by atoms with Gasteiger partial charge in [0.25, 0.3) is 0 Å². The van der Waals surface area contributed by atoms with Gasteiger partial charge in [-0.25, -0.2) is 13.6 Å². The number of nitrogens with zero attached hydrogens (tertiary/aromatic N) is 1. The minimum absolute atomic E-state index is 0.283. The normalized spacial score (nSPS) is 9.38. The number of esters is 1. The molecule has 1 aromatic carbocycles. The third kappa shape index (κ3) is 2.39. The molecule has 6 heteroatoms. The molecule has 3 nitrogen and oxygen atoms in total. The Balaban J connectivity index is 3.12. The molecule has 82 valence electrons. The third-order valence-electron chi connectivity index (χ3n) is 1.54.